The number of nitriles is 1. The van der Waals surface area contributed by atoms with Crippen LogP contribution in [0, 0.1) is 11.3 Å². The smallest absolute Gasteiger partial charge is 0.244 e. The van der Waals surface area contributed by atoms with E-state index in [1.54, 1.807) is 18.2 Å². The van der Waals surface area contributed by atoms with Crippen molar-refractivity contribution in [3.8, 4) is 52.0 Å². The highest BCUT2D eigenvalue weighted by Gasteiger charge is 2.38. The number of rotatable bonds is 5. The Labute approximate surface area is 202 Å². The first-order valence-corrected chi connectivity index (χ1v) is 10.8. The summed E-state index contributed by atoms with van der Waals surface area (Å²) in [6, 6.07) is 9.39. The molecule has 0 radical (unpaired) electrons. The molecular formula is C23H19BrN4O6. The Balaban J connectivity index is 1.75. The Morgan fingerprint density at radius 1 is 1.09 bits per heavy atom. The van der Waals surface area contributed by atoms with Crippen LogP contribution in [-0.2, 0) is 0 Å². The van der Waals surface area contributed by atoms with Crippen LogP contribution in [0.15, 0.2) is 40.2 Å². The molecule has 3 N–H and O–H groups in total. The molecule has 0 saturated heterocycles. The molecule has 174 valence electrons. The average Bonchev–Trinajstić information content (AvgIpc) is 3.48. The first-order chi connectivity index (χ1) is 16.5. The van der Waals surface area contributed by atoms with E-state index in [9.17, 15) is 5.26 Å². The Morgan fingerprint density at radius 2 is 1.76 bits per heavy atom. The number of nitrogens with two attached hydrogens (primary N) is 1. The molecule has 2 aromatic carbocycles. The van der Waals surface area contributed by atoms with Gasteiger partial charge in [-0.15, -0.1) is 5.10 Å². The highest BCUT2D eigenvalue weighted by Crippen LogP contribution is 2.51. The van der Waals surface area contributed by atoms with Crippen molar-refractivity contribution >= 4 is 15.9 Å². The molecule has 5 rings (SSSR count). The van der Waals surface area contributed by atoms with Crippen LogP contribution in [-0.4, -0.2) is 38.3 Å². The van der Waals surface area contributed by atoms with Crippen LogP contribution in [0.1, 0.15) is 17.0 Å². The number of hydrogen-bond acceptors (Lipinski definition) is 9. The number of benzene rings is 2. The van der Waals surface area contributed by atoms with Crippen molar-refractivity contribution in [2.75, 3.05) is 28.1 Å². The Bertz CT molecular complexity index is 1350. The maximum atomic E-state index is 10.0. The van der Waals surface area contributed by atoms with Crippen LogP contribution in [0.25, 0.3) is 11.3 Å². The lowest BCUT2D eigenvalue weighted by Crippen LogP contribution is -2.21. The normalized spacial score (nSPS) is 15.9. The third kappa shape index (κ3) is 3.26. The number of fused-ring (bicyclic) bond motifs is 2. The van der Waals surface area contributed by atoms with Crippen molar-refractivity contribution in [1.82, 2.24) is 10.2 Å². The summed E-state index contributed by atoms with van der Waals surface area (Å²) in [5.74, 6) is 2.19. The van der Waals surface area contributed by atoms with Gasteiger partial charge in [0.1, 0.15) is 11.6 Å². The van der Waals surface area contributed by atoms with Crippen molar-refractivity contribution in [2.45, 2.75) is 5.92 Å². The number of aromatic nitrogens is 2. The predicted molar refractivity (Wildman–Crippen MR) is 123 cm³/mol. The van der Waals surface area contributed by atoms with E-state index in [1.807, 2.05) is 6.07 Å². The summed E-state index contributed by atoms with van der Waals surface area (Å²) >= 11 is 3.61. The predicted octanol–water partition coefficient (Wildman–Crippen LogP) is 3.81. The van der Waals surface area contributed by atoms with Crippen molar-refractivity contribution in [2.24, 2.45) is 5.73 Å². The van der Waals surface area contributed by atoms with Crippen molar-refractivity contribution in [3.05, 3.63) is 51.3 Å². The lowest BCUT2D eigenvalue weighted by Gasteiger charge is -2.25. The molecular weight excluding hydrogens is 508 g/mol. The number of H-pyrrole nitrogens is 1. The van der Waals surface area contributed by atoms with Gasteiger partial charge in [0.2, 0.25) is 24.3 Å². The van der Waals surface area contributed by atoms with Gasteiger partial charge in [0.15, 0.2) is 23.0 Å². The summed E-state index contributed by atoms with van der Waals surface area (Å²) in [6.45, 7) is 0.121. The maximum absolute atomic E-state index is 10.0. The van der Waals surface area contributed by atoms with E-state index in [4.69, 9.17) is 34.2 Å². The van der Waals surface area contributed by atoms with Crippen LogP contribution in [0.2, 0.25) is 0 Å². The van der Waals surface area contributed by atoms with E-state index < -0.39 is 5.92 Å². The van der Waals surface area contributed by atoms with Gasteiger partial charge < -0.3 is 34.2 Å². The van der Waals surface area contributed by atoms with E-state index in [0.29, 0.717) is 50.0 Å². The van der Waals surface area contributed by atoms with Gasteiger partial charge in [-0.25, -0.2) is 0 Å². The van der Waals surface area contributed by atoms with E-state index >= 15 is 0 Å². The molecule has 0 bridgehead atoms. The van der Waals surface area contributed by atoms with Gasteiger partial charge in [0.05, 0.1) is 38.5 Å². The van der Waals surface area contributed by atoms with Crippen LogP contribution < -0.4 is 34.2 Å². The molecule has 0 saturated carbocycles. The van der Waals surface area contributed by atoms with Crippen molar-refractivity contribution < 1.29 is 28.4 Å². The van der Waals surface area contributed by atoms with Crippen LogP contribution in [0.5, 0.6) is 34.6 Å². The van der Waals surface area contributed by atoms with Crippen LogP contribution in [0.3, 0.4) is 0 Å². The summed E-state index contributed by atoms with van der Waals surface area (Å²) in [7, 11) is 4.61. The number of halogens is 1. The van der Waals surface area contributed by atoms with Gasteiger partial charge >= 0.3 is 0 Å². The van der Waals surface area contributed by atoms with Gasteiger partial charge in [0.25, 0.3) is 0 Å². The minimum Gasteiger partial charge on any atom is -0.493 e. The molecule has 0 spiro atoms. The fourth-order valence-corrected chi connectivity index (χ4v) is 4.71. The van der Waals surface area contributed by atoms with Gasteiger partial charge in [-0.1, -0.05) is 15.9 Å². The molecule has 1 atom stereocenters. The second-order valence-corrected chi connectivity index (χ2v) is 8.24. The van der Waals surface area contributed by atoms with E-state index in [0.717, 1.165) is 5.56 Å². The first-order valence-electron chi connectivity index (χ1n) is 10.1. The molecule has 3 aromatic rings. The summed E-state index contributed by atoms with van der Waals surface area (Å²) in [6.07, 6.45) is 0. The molecule has 2 aliphatic rings. The summed E-state index contributed by atoms with van der Waals surface area (Å²) < 4.78 is 33.9. The molecule has 0 fully saturated rings. The monoisotopic (exact) mass is 526 g/mol. The number of aromatic amines is 1. The van der Waals surface area contributed by atoms with E-state index in [-0.39, 0.29) is 24.1 Å². The highest BCUT2D eigenvalue weighted by atomic mass is 79.9. The zero-order chi connectivity index (χ0) is 24.0. The Morgan fingerprint density at radius 3 is 2.38 bits per heavy atom. The maximum Gasteiger partial charge on any atom is 0.244 e. The fraction of sp³-hybridized carbons (Fsp3) is 0.217. The molecule has 3 heterocycles. The SMILES string of the molecule is COc1cc(-c2[nH]nc3c2C(c2cc4c(cc2Br)OCO4)C(C#N)=C(N)O3)cc(OC)c1OC. The molecule has 2 aliphatic heterocycles. The summed E-state index contributed by atoms with van der Waals surface area (Å²) in [4.78, 5) is 0. The standard InChI is InChI=1S/C23H19BrN4O6/c1-29-16-4-10(5-17(30-2)21(16)31-3)20-19-18(12(8-25)22(26)34-23(19)28-27-20)11-6-14-15(7-13(11)24)33-9-32-14/h4-7,18H,9,26H2,1-3H3,(H,27,28). The third-order valence-corrected chi connectivity index (χ3v) is 6.38. The zero-order valence-corrected chi connectivity index (χ0v) is 20.0. The number of nitrogens with one attached hydrogen (secondary N) is 1. The first kappa shape index (κ1) is 21.8. The lowest BCUT2D eigenvalue weighted by molar-refractivity contribution is 0.174. The minimum absolute atomic E-state index is 0.0208. The van der Waals surface area contributed by atoms with Gasteiger partial charge in [-0.05, 0) is 29.8 Å². The van der Waals surface area contributed by atoms with Gasteiger partial charge in [0, 0.05) is 10.0 Å². The molecule has 1 unspecified atom stereocenters. The molecule has 34 heavy (non-hydrogen) atoms. The topological polar surface area (TPSA) is 134 Å². The second-order valence-electron chi connectivity index (χ2n) is 7.38. The van der Waals surface area contributed by atoms with E-state index in [2.05, 4.69) is 32.2 Å². The number of methoxy groups -OCH3 is 3. The largest absolute Gasteiger partial charge is 0.493 e. The van der Waals surface area contributed by atoms with Crippen LogP contribution >= 0.6 is 15.9 Å². The quantitative estimate of drug-likeness (QED) is 0.508. The van der Waals surface area contributed by atoms with E-state index in [1.165, 1.54) is 21.3 Å². The second kappa shape index (κ2) is 8.39. The van der Waals surface area contributed by atoms with Crippen LogP contribution in [0.4, 0.5) is 0 Å². The van der Waals surface area contributed by atoms with Gasteiger partial charge in [-0.3, -0.25) is 5.10 Å². The lowest BCUT2D eigenvalue weighted by atomic mass is 9.83. The zero-order valence-electron chi connectivity index (χ0n) is 18.4. The summed E-state index contributed by atoms with van der Waals surface area (Å²) in [5.41, 5.74) is 9.01. The Hall–Kier alpha value is -4.04. The number of hydrogen-bond donors (Lipinski definition) is 2. The highest BCUT2D eigenvalue weighted by molar-refractivity contribution is 9.10. The number of allylic oxidation sites excluding steroid dienone is 1. The van der Waals surface area contributed by atoms with Crippen molar-refractivity contribution in [3.63, 3.8) is 0 Å². The Kier molecular flexibility index (Phi) is 5.37. The third-order valence-electron chi connectivity index (χ3n) is 5.70. The van der Waals surface area contributed by atoms with Crippen molar-refractivity contribution in [1.29, 1.82) is 5.26 Å². The average molecular weight is 527 g/mol. The number of ether oxygens (including phenoxy) is 6. The molecule has 0 aliphatic carbocycles. The minimum atomic E-state index is -0.606. The molecule has 11 heteroatoms. The molecule has 1 aromatic heterocycles. The van der Waals surface area contributed by atoms with Gasteiger partial charge in [-0.2, -0.15) is 5.26 Å². The summed E-state index contributed by atoms with van der Waals surface area (Å²) in [5, 5.41) is 17.4. The number of nitrogens with zero attached hydrogens (tertiary/aromatic N) is 2. The molecule has 0 amide bonds. The fourth-order valence-electron chi connectivity index (χ4n) is 4.16. The molecule has 10 nitrogen and oxygen atoms in total.